The average Bonchev–Trinajstić information content (AvgIpc) is 0.772. The van der Waals surface area contributed by atoms with Crippen LogP contribution < -0.4 is 70.2 Å². The molecule has 724 valence electrons. The van der Waals surface area contributed by atoms with Gasteiger partial charge in [0.05, 0.1) is 55.5 Å². The molecule has 4 aliphatic carbocycles. The van der Waals surface area contributed by atoms with E-state index in [-0.39, 0.29) is 154 Å². The molecule has 8 N–H and O–H groups in total. The number of rotatable bonds is 19. The third kappa shape index (κ3) is 40.9. The Bertz CT molecular complexity index is 5120. The van der Waals surface area contributed by atoms with Gasteiger partial charge < -0.3 is 51.5 Å². The van der Waals surface area contributed by atoms with Gasteiger partial charge in [-0.2, -0.15) is 0 Å². The Morgan fingerprint density at radius 2 is 0.701 bits per heavy atom. The number of Topliss-reactive ketones (excluding diaryl/α,β-unsaturated/α-hetero) is 2. The van der Waals surface area contributed by atoms with Gasteiger partial charge in [0.25, 0.3) is 0 Å². The quantitative estimate of drug-likeness (QED) is 0.00955. The number of halogens is 3. The Morgan fingerprint density at radius 1 is 0.410 bits per heavy atom. The normalized spacial score (nSPS) is 15.6. The second kappa shape index (κ2) is 53.6. The predicted molar refractivity (Wildman–Crippen MR) is 545 cm³/mol. The van der Waals surface area contributed by atoms with E-state index in [0.29, 0.717) is 64.3 Å². The molecule has 0 aliphatic heterocycles. The van der Waals surface area contributed by atoms with Crippen LogP contribution in [0.15, 0.2) is 182 Å². The summed E-state index contributed by atoms with van der Waals surface area (Å²) in [6.07, 6.45) is 18.6. The minimum Gasteiger partial charge on any atom is -0.870 e. The van der Waals surface area contributed by atoms with Gasteiger partial charge in [-0.05, 0) is 309 Å². The standard InChI is InChI=1S/C24H28O3.C23H26O3.C17H24O.C14H21N.C10H8O3.C8H16Cl2.C8H9NO.C8H18O2.ClH.2Na.2H2O/c1-23(2)12-13-24(3,4)20-14-16(6-11-19(20)23)15-21(25)17-7-9-18(10-8-17)22(26)27-5;1-22(2)11-12-23(3,4)19-13-15(5-10-18(19)22)14-20(24)16-6-8-17(9-7-16)21(25)26;1-16(2)9-10-17(3,4)15-12-13(8-11-18-5)6-7-14(15)16;1-13(2)7-8-14(3,4)12-9-10(15)5-6-11(12)13;1-13-10(12)9-4-2-8(3-5-9)6-7-11;1-7(2,9)5-6-8(3,4)10;1-7(10)9-8-5-3-2-4-6-8;1-7(2,9)5-6-8(3,4)10;;;;;/h6-11,14H,12-13,15H2,1-5H3;5-10,13H,11-12,14H2,1-4H3,(H,25,26);6-8,11-12H,9-10H2,1-5H3;5-6,9H,7-8,15H2,1-4H3;2-6H,1H3;5-6H2,1-4H3;2-6H,1H3,(H,9,10);9-10H,5-6H2,1-4H3;1H;;;2*1H2/q;;;;;;;;;2*+1;;/p-2/b;;11-8+;;;;;;;;;;. The fourth-order valence-corrected chi connectivity index (χ4v) is 16.3. The summed E-state index contributed by atoms with van der Waals surface area (Å²) in [4.78, 5) is 79.0. The first-order valence-electron chi connectivity index (χ1n) is 45.1. The molecule has 0 heterocycles. The van der Waals surface area contributed by atoms with E-state index in [1.165, 1.54) is 128 Å². The number of alkyl halides is 2. The molecule has 1 amide bonds. The summed E-state index contributed by atoms with van der Waals surface area (Å²) >= 11 is 12.0. The number of carboxylic acid groups (broad SMARTS) is 1. The molecule has 12 rings (SSSR count). The molecule has 4 aliphatic rings. The number of carbonyl (C=O) groups excluding carboxylic acids is 6. The summed E-state index contributed by atoms with van der Waals surface area (Å²) in [6, 6.07) is 54.8. The molecule has 134 heavy (non-hydrogen) atoms. The molecule has 8 aromatic carbocycles. The zero-order chi connectivity index (χ0) is 97.5. The number of benzene rings is 8. The topological polar surface area (TPSA) is 306 Å². The fourth-order valence-electron chi connectivity index (χ4n) is 16.1. The van der Waals surface area contributed by atoms with Crippen LogP contribution >= 0.6 is 35.6 Å². The van der Waals surface area contributed by atoms with Gasteiger partial charge in [0, 0.05) is 58.1 Å². The number of aliphatic hydroxyl groups is 2. The van der Waals surface area contributed by atoms with E-state index in [9.17, 15) is 43.8 Å². The number of nitrogens with one attached hydrogen (secondary N) is 1. The van der Waals surface area contributed by atoms with Crippen LogP contribution in [0.2, 0.25) is 0 Å². The Kier molecular flexibility index (Phi) is 50.6. The molecule has 0 saturated carbocycles. The van der Waals surface area contributed by atoms with Gasteiger partial charge in [-0.3, -0.25) is 14.4 Å². The predicted octanol–water partition coefficient (Wildman–Crippen LogP) is 20.8. The van der Waals surface area contributed by atoms with Crippen molar-refractivity contribution in [3.63, 3.8) is 0 Å². The monoisotopic (exact) mass is 1920 g/mol. The molecule has 0 radical (unpaired) electrons. The van der Waals surface area contributed by atoms with E-state index < -0.39 is 23.1 Å². The molecular weight excluding hydrogens is 1770 g/mol. The maximum absolute atomic E-state index is 12.7. The number of ketones is 2. The second-order valence-electron chi connectivity index (χ2n) is 42.6. The van der Waals surface area contributed by atoms with Crippen molar-refractivity contribution >= 4 is 100 Å². The minimum absolute atomic E-state index is 0. The van der Waals surface area contributed by atoms with Crippen molar-refractivity contribution in [2.45, 2.75) is 327 Å². The smallest absolute Gasteiger partial charge is 0.870 e. The number of para-hydroxylation sites is 1. The Labute approximate surface area is 862 Å². The van der Waals surface area contributed by atoms with Crippen LogP contribution in [-0.2, 0) is 80.0 Å². The molecule has 8 aromatic rings. The number of nitrogen functional groups attached to an aromatic ring is 1. The number of aromatic carboxylic acids is 1. The first kappa shape index (κ1) is 126. The number of fused-ring (bicyclic) bond motifs is 4. The summed E-state index contributed by atoms with van der Waals surface area (Å²) in [7, 11) is 4.35. The molecule has 0 saturated heterocycles. The van der Waals surface area contributed by atoms with Gasteiger partial charge in [0.1, 0.15) is 5.94 Å². The van der Waals surface area contributed by atoms with Crippen LogP contribution in [0.3, 0.4) is 0 Å². The van der Waals surface area contributed by atoms with Crippen LogP contribution in [0.1, 0.15) is 369 Å². The van der Waals surface area contributed by atoms with Gasteiger partial charge >= 0.3 is 77.0 Å². The van der Waals surface area contributed by atoms with Crippen molar-refractivity contribution in [3.05, 3.63) is 277 Å². The fraction of sp³-hybridized carbons (Fsp3) is 0.482. The van der Waals surface area contributed by atoms with Crippen molar-refractivity contribution in [1.29, 1.82) is 0 Å². The number of carboxylic acids is 1. The average molecular weight is 1920 g/mol. The molecule has 0 bridgehead atoms. The molecule has 0 fully saturated rings. The summed E-state index contributed by atoms with van der Waals surface area (Å²) in [5.41, 5.74) is 25.8. The van der Waals surface area contributed by atoms with E-state index in [4.69, 9.17) is 43.5 Å². The zero-order valence-electron chi connectivity index (χ0n) is 85.9. The van der Waals surface area contributed by atoms with Crippen LogP contribution in [0, 0.1) is 0 Å². The van der Waals surface area contributed by atoms with Gasteiger partial charge in [0.2, 0.25) is 5.91 Å². The van der Waals surface area contributed by atoms with E-state index >= 15 is 0 Å². The van der Waals surface area contributed by atoms with Crippen molar-refractivity contribution in [2.24, 2.45) is 0 Å². The molecule has 22 heteroatoms. The molecule has 0 unspecified atom stereocenters. The number of carbonyl (C=O) groups is 6. The number of amides is 1. The minimum atomic E-state index is -0.983. The van der Waals surface area contributed by atoms with Crippen molar-refractivity contribution in [1.82, 2.24) is 0 Å². The van der Waals surface area contributed by atoms with Gasteiger partial charge in [-0.15, -0.1) is 35.6 Å². The number of hydrogen-bond donors (Lipinski definition) is 5. The van der Waals surface area contributed by atoms with Crippen LogP contribution in [0.25, 0.3) is 12.2 Å². The number of ether oxygens (including phenoxy) is 3. The summed E-state index contributed by atoms with van der Waals surface area (Å²) in [5.74, 6) is -0.0816. The molecule has 0 aromatic heterocycles. The SMILES string of the molecule is CC(=O)Nc1ccccc1.CC(C)(Cl)CCC(C)(C)Cl.CC(C)(O)CCC(C)(C)O.CC1(C)CCC(C)(C)c2cc(CC(=O)c3ccc(C(=O)O)cc3)ccc21.CC1(C)CCC(C)(C)c2cc(N)ccc21.CO/C=C/c1ccc2c(c1)C(C)(C)CCC2(C)C.COC(=O)c1ccc(C(=O)Cc2ccc3c(c2)C(C)(C)CCC3(C)C)cc1.COC(=O)c1ccc(C=C=O)cc1.Cl.[Na+].[Na+].[OH-].[OH-]. The molecular formula is C112H153Cl3N2Na2O15. The maximum atomic E-state index is 12.7. The number of hydrogen-bond acceptors (Lipinski definition) is 15. The van der Waals surface area contributed by atoms with Crippen molar-refractivity contribution in [2.75, 3.05) is 32.4 Å². The molecule has 0 spiro atoms. The van der Waals surface area contributed by atoms with Gasteiger partial charge in [0.15, 0.2) is 11.6 Å². The Hall–Kier alpha value is -7.52. The van der Waals surface area contributed by atoms with Crippen LogP contribution in [0.4, 0.5) is 11.4 Å². The Balaban J connectivity index is 0.00000155. The third-order valence-electron chi connectivity index (χ3n) is 25.1. The van der Waals surface area contributed by atoms with Crippen LogP contribution in [-0.4, -0.2) is 110 Å². The number of methoxy groups -OCH3 is 3. The van der Waals surface area contributed by atoms with Crippen molar-refractivity contribution in [3.8, 4) is 0 Å². The summed E-state index contributed by atoms with van der Waals surface area (Å²) < 4.78 is 14.2. The van der Waals surface area contributed by atoms with E-state index in [2.05, 4.69) is 188 Å². The number of esters is 2. The van der Waals surface area contributed by atoms with Gasteiger partial charge in [-0.25, -0.2) is 19.2 Å². The van der Waals surface area contributed by atoms with E-state index in [0.717, 1.165) is 48.2 Å². The maximum Gasteiger partial charge on any atom is 1.00 e. The number of nitrogens with two attached hydrogens (primary N) is 1. The second-order valence-corrected chi connectivity index (χ2v) is 44.7. The molecule has 17 nitrogen and oxygen atoms in total. The van der Waals surface area contributed by atoms with Gasteiger partial charge in [-0.1, -0.05) is 226 Å². The van der Waals surface area contributed by atoms with E-state index in [1.54, 1.807) is 108 Å². The van der Waals surface area contributed by atoms with Crippen LogP contribution in [0.5, 0.6) is 0 Å². The van der Waals surface area contributed by atoms with Crippen molar-refractivity contribution < 1.29 is 133 Å². The first-order chi connectivity index (χ1) is 59.4. The number of anilines is 2. The summed E-state index contributed by atoms with van der Waals surface area (Å²) in [6.45, 7) is 53.5. The third-order valence-corrected chi connectivity index (χ3v) is 25.5. The summed E-state index contributed by atoms with van der Waals surface area (Å²) in [5, 5.41) is 30.2. The zero-order valence-corrected chi connectivity index (χ0v) is 92.3. The largest absolute Gasteiger partial charge is 1.00 e. The first-order valence-corrected chi connectivity index (χ1v) is 45.8. The Morgan fingerprint density at radius 3 is 1.01 bits per heavy atom. The molecule has 0 atom stereocenters. The van der Waals surface area contributed by atoms with E-state index in [1.807, 2.05) is 70.2 Å².